The van der Waals surface area contributed by atoms with Crippen LogP contribution < -0.4 is 11.3 Å². The first kappa shape index (κ1) is 18.1. The minimum absolute atomic E-state index is 0.241. The van der Waals surface area contributed by atoms with Crippen LogP contribution in [0.15, 0.2) is 70.8 Å². The van der Waals surface area contributed by atoms with E-state index in [4.69, 9.17) is 10.7 Å². The highest BCUT2D eigenvalue weighted by Crippen LogP contribution is 2.33. The third kappa shape index (κ3) is 3.01. The van der Waals surface area contributed by atoms with Crippen LogP contribution >= 0.6 is 11.3 Å². The van der Waals surface area contributed by atoms with Crippen molar-refractivity contribution in [2.45, 2.75) is 19.4 Å². The topological polar surface area (TPSA) is 78.0 Å². The van der Waals surface area contributed by atoms with Gasteiger partial charge in [0.15, 0.2) is 0 Å². The van der Waals surface area contributed by atoms with Gasteiger partial charge in [0.2, 0.25) is 5.91 Å². The van der Waals surface area contributed by atoms with Gasteiger partial charge < -0.3 is 5.73 Å². The van der Waals surface area contributed by atoms with E-state index >= 15 is 0 Å². The third-order valence-corrected chi connectivity index (χ3v) is 5.66. The van der Waals surface area contributed by atoms with Crippen molar-refractivity contribution in [2.24, 2.45) is 5.73 Å². The Kier molecular flexibility index (Phi) is 4.79. The summed E-state index contributed by atoms with van der Waals surface area (Å²) < 4.78 is 1.46. The molecule has 0 aliphatic carbocycles. The van der Waals surface area contributed by atoms with Crippen LogP contribution in [0.1, 0.15) is 19.4 Å². The maximum absolute atomic E-state index is 13.6. The number of nitrogens with zero attached hydrogens (tertiary/aromatic N) is 2. The van der Waals surface area contributed by atoms with Gasteiger partial charge in [-0.1, -0.05) is 67.6 Å². The van der Waals surface area contributed by atoms with Crippen molar-refractivity contribution in [3.8, 4) is 22.5 Å². The average molecular weight is 389 g/mol. The van der Waals surface area contributed by atoms with Crippen molar-refractivity contribution in [3.63, 3.8) is 0 Å². The number of aromatic nitrogens is 2. The lowest BCUT2D eigenvalue weighted by Crippen LogP contribution is -2.35. The first-order valence-corrected chi connectivity index (χ1v) is 9.93. The fraction of sp³-hybridized carbons (Fsp3) is 0.136. The molecule has 4 rings (SSSR count). The Labute approximate surface area is 166 Å². The lowest BCUT2D eigenvalue weighted by molar-refractivity contribution is -0.121. The Hall–Kier alpha value is -3.25. The molecule has 1 amide bonds. The second-order valence-corrected chi connectivity index (χ2v) is 7.36. The summed E-state index contributed by atoms with van der Waals surface area (Å²) in [5.41, 5.74) is 7.94. The average Bonchev–Trinajstić information content (AvgIpc) is 3.15. The molecule has 0 saturated carbocycles. The number of hydrogen-bond donors (Lipinski definition) is 1. The minimum atomic E-state index is -0.761. The first-order valence-electron chi connectivity index (χ1n) is 9.05. The molecule has 0 fully saturated rings. The molecule has 28 heavy (non-hydrogen) atoms. The maximum Gasteiger partial charge on any atom is 0.263 e. The molecule has 0 aliphatic heterocycles. The van der Waals surface area contributed by atoms with Crippen LogP contribution in [-0.4, -0.2) is 15.5 Å². The van der Waals surface area contributed by atoms with E-state index in [0.717, 1.165) is 16.7 Å². The molecule has 0 spiro atoms. The summed E-state index contributed by atoms with van der Waals surface area (Å²) in [5.74, 6) is -0.0790. The van der Waals surface area contributed by atoms with Gasteiger partial charge in [-0.3, -0.25) is 14.2 Å². The van der Waals surface area contributed by atoms with Crippen LogP contribution in [-0.2, 0) is 4.79 Å². The molecule has 0 radical (unpaired) electrons. The number of amides is 1. The fourth-order valence-electron chi connectivity index (χ4n) is 3.42. The molecule has 0 saturated heterocycles. The molecule has 2 N–H and O–H groups in total. The molecule has 1 atom stereocenters. The highest BCUT2D eigenvalue weighted by molar-refractivity contribution is 7.17. The van der Waals surface area contributed by atoms with Gasteiger partial charge in [0.1, 0.15) is 16.7 Å². The Morgan fingerprint density at radius 2 is 1.68 bits per heavy atom. The number of fused-ring (bicyclic) bond motifs is 1. The van der Waals surface area contributed by atoms with E-state index in [0.29, 0.717) is 22.5 Å². The molecule has 140 valence electrons. The zero-order valence-corrected chi connectivity index (χ0v) is 16.1. The second kappa shape index (κ2) is 7.40. The van der Waals surface area contributed by atoms with Crippen molar-refractivity contribution in [1.82, 2.24) is 9.55 Å². The summed E-state index contributed by atoms with van der Waals surface area (Å²) in [6, 6.07) is 18.4. The largest absolute Gasteiger partial charge is 0.368 e. The van der Waals surface area contributed by atoms with Crippen molar-refractivity contribution >= 4 is 27.5 Å². The minimum Gasteiger partial charge on any atom is -0.368 e. The first-order chi connectivity index (χ1) is 13.6. The Morgan fingerprint density at radius 3 is 2.25 bits per heavy atom. The fourth-order valence-corrected chi connectivity index (χ4v) is 4.36. The van der Waals surface area contributed by atoms with E-state index in [1.807, 2.05) is 73.0 Å². The van der Waals surface area contributed by atoms with Gasteiger partial charge in [-0.15, -0.1) is 11.3 Å². The number of hydrogen-bond acceptors (Lipinski definition) is 4. The number of rotatable bonds is 5. The number of thiophene rings is 1. The van der Waals surface area contributed by atoms with Gasteiger partial charge in [0, 0.05) is 16.5 Å². The predicted octanol–water partition coefficient (Wildman–Crippen LogP) is 4.23. The number of carbonyl (C=O) groups excluding carboxylic acids is 1. The van der Waals surface area contributed by atoms with Gasteiger partial charge in [-0.2, -0.15) is 0 Å². The van der Waals surface area contributed by atoms with Gasteiger partial charge in [-0.05, 0) is 12.0 Å². The molecule has 2 aromatic carbocycles. The van der Waals surface area contributed by atoms with Crippen LogP contribution in [0.5, 0.6) is 0 Å². The van der Waals surface area contributed by atoms with E-state index in [9.17, 15) is 9.59 Å². The highest BCUT2D eigenvalue weighted by atomic mass is 32.1. The molecule has 0 aliphatic rings. The van der Waals surface area contributed by atoms with Crippen molar-refractivity contribution in [1.29, 1.82) is 0 Å². The standard InChI is InChI=1S/C22H19N3O2S/c1-2-17(19(23)26)25-20(15-11-7-4-8-12-15)24-21-18(22(25)27)16(13-28-21)14-9-5-3-6-10-14/h3-13,17H,2H2,1H3,(H2,23,26). The van der Waals surface area contributed by atoms with Crippen LogP contribution in [0.2, 0.25) is 0 Å². The zero-order chi connectivity index (χ0) is 19.7. The predicted molar refractivity (Wildman–Crippen MR) is 113 cm³/mol. The van der Waals surface area contributed by atoms with E-state index < -0.39 is 11.9 Å². The van der Waals surface area contributed by atoms with Gasteiger partial charge >= 0.3 is 0 Å². The summed E-state index contributed by atoms with van der Waals surface area (Å²) in [6.07, 6.45) is 0.410. The van der Waals surface area contributed by atoms with Crippen molar-refractivity contribution in [2.75, 3.05) is 0 Å². The number of carbonyl (C=O) groups is 1. The summed E-state index contributed by atoms with van der Waals surface area (Å²) in [5, 5.41) is 2.47. The Bertz CT molecular complexity index is 1200. The van der Waals surface area contributed by atoms with E-state index in [1.54, 1.807) is 0 Å². The van der Waals surface area contributed by atoms with Crippen molar-refractivity contribution in [3.05, 3.63) is 76.4 Å². The SMILES string of the molecule is CCC(C(N)=O)n1c(-c2ccccc2)nc2scc(-c3ccccc3)c2c1=O. The number of benzene rings is 2. The number of primary amides is 1. The third-order valence-electron chi connectivity index (χ3n) is 4.78. The lowest BCUT2D eigenvalue weighted by Gasteiger charge is -2.19. The van der Waals surface area contributed by atoms with Gasteiger partial charge in [-0.25, -0.2) is 4.98 Å². The molecule has 6 heteroatoms. The maximum atomic E-state index is 13.6. The Balaban J connectivity index is 2.08. The summed E-state index contributed by atoms with van der Waals surface area (Å²) in [7, 11) is 0. The zero-order valence-electron chi connectivity index (χ0n) is 15.3. The monoisotopic (exact) mass is 389 g/mol. The molecule has 4 aromatic rings. The summed E-state index contributed by atoms with van der Waals surface area (Å²) in [6.45, 7) is 1.84. The second-order valence-electron chi connectivity index (χ2n) is 6.50. The van der Waals surface area contributed by atoms with E-state index in [1.165, 1.54) is 15.9 Å². The normalized spacial score (nSPS) is 12.2. The quantitative estimate of drug-likeness (QED) is 0.555. The van der Waals surface area contributed by atoms with Crippen LogP contribution in [0.3, 0.4) is 0 Å². The highest BCUT2D eigenvalue weighted by Gasteiger charge is 2.25. The Morgan fingerprint density at radius 1 is 1.07 bits per heavy atom. The summed E-state index contributed by atoms with van der Waals surface area (Å²) >= 11 is 1.43. The molecule has 5 nitrogen and oxygen atoms in total. The van der Waals surface area contributed by atoms with Gasteiger partial charge in [0.25, 0.3) is 5.56 Å². The van der Waals surface area contributed by atoms with Crippen LogP contribution in [0.25, 0.3) is 32.7 Å². The van der Waals surface area contributed by atoms with Crippen LogP contribution in [0, 0.1) is 0 Å². The van der Waals surface area contributed by atoms with Crippen LogP contribution in [0.4, 0.5) is 0 Å². The smallest absolute Gasteiger partial charge is 0.263 e. The summed E-state index contributed by atoms with van der Waals surface area (Å²) in [4.78, 5) is 31.2. The molecule has 2 aromatic heterocycles. The van der Waals surface area contributed by atoms with E-state index in [-0.39, 0.29) is 5.56 Å². The molecule has 1 unspecified atom stereocenters. The number of nitrogens with two attached hydrogens (primary N) is 1. The molecular formula is C22H19N3O2S. The van der Waals surface area contributed by atoms with Gasteiger partial charge in [0.05, 0.1) is 5.39 Å². The molecule has 2 heterocycles. The lowest BCUT2D eigenvalue weighted by atomic mass is 10.1. The molecule has 0 bridgehead atoms. The van der Waals surface area contributed by atoms with Crippen molar-refractivity contribution < 1.29 is 4.79 Å². The van der Waals surface area contributed by atoms with E-state index in [2.05, 4.69) is 0 Å². The molecular weight excluding hydrogens is 370 g/mol.